The van der Waals surface area contributed by atoms with Gasteiger partial charge in [-0.25, -0.2) is 4.39 Å². The third kappa shape index (κ3) is 3.90. The lowest BCUT2D eigenvalue weighted by molar-refractivity contribution is -0.116. The standard InChI is InChI=1S/C18H26FN3O/c1-2-14-12-21-10-5-6-15(21)13-22(14)11-9-18(23)20-17-8-4-3-7-16(17)19/h3-4,7-8,14-15H,2,5-6,9-13H2,1H3,(H,20,23). The first-order valence-corrected chi connectivity index (χ1v) is 8.70. The van der Waals surface area contributed by atoms with Crippen molar-refractivity contribution in [3.8, 4) is 0 Å². The maximum atomic E-state index is 13.6. The minimum absolute atomic E-state index is 0.112. The van der Waals surface area contributed by atoms with E-state index in [0.717, 1.165) is 26.1 Å². The monoisotopic (exact) mass is 319 g/mol. The minimum atomic E-state index is -0.383. The first kappa shape index (κ1) is 16.4. The number of rotatable bonds is 5. The van der Waals surface area contributed by atoms with E-state index < -0.39 is 0 Å². The zero-order valence-corrected chi connectivity index (χ0v) is 13.8. The van der Waals surface area contributed by atoms with Gasteiger partial charge in [0.25, 0.3) is 0 Å². The van der Waals surface area contributed by atoms with Crippen LogP contribution in [0.3, 0.4) is 0 Å². The average Bonchev–Trinajstić information content (AvgIpc) is 3.01. The Hall–Kier alpha value is -1.46. The van der Waals surface area contributed by atoms with Crippen molar-refractivity contribution in [3.05, 3.63) is 30.1 Å². The predicted octanol–water partition coefficient (Wildman–Crippen LogP) is 2.71. The van der Waals surface area contributed by atoms with Crippen LogP contribution in [0.4, 0.5) is 10.1 Å². The van der Waals surface area contributed by atoms with Crippen LogP contribution in [-0.2, 0) is 4.79 Å². The van der Waals surface area contributed by atoms with Gasteiger partial charge in [0.15, 0.2) is 0 Å². The highest BCUT2D eigenvalue weighted by Crippen LogP contribution is 2.26. The summed E-state index contributed by atoms with van der Waals surface area (Å²) in [5.74, 6) is -0.495. The number of nitrogens with zero attached hydrogens (tertiary/aromatic N) is 2. The molecule has 0 spiro atoms. The van der Waals surface area contributed by atoms with Gasteiger partial charge in [0, 0.05) is 38.1 Å². The van der Waals surface area contributed by atoms with Crippen LogP contribution in [0, 0.1) is 5.82 Å². The van der Waals surface area contributed by atoms with Gasteiger partial charge < -0.3 is 5.32 Å². The van der Waals surface area contributed by atoms with E-state index in [-0.39, 0.29) is 17.4 Å². The van der Waals surface area contributed by atoms with Crippen LogP contribution in [0.2, 0.25) is 0 Å². The van der Waals surface area contributed by atoms with Gasteiger partial charge in [-0.05, 0) is 37.9 Å². The van der Waals surface area contributed by atoms with Gasteiger partial charge >= 0.3 is 0 Å². The van der Waals surface area contributed by atoms with E-state index in [1.54, 1.807) is 18.2 Å². The van der Waals surface area contributed by atoms with Crippen LogP contribution < -0.4 is 5.32 Å². The molecule has 1 amide bonds. The molecule has 2 aliphatic rings. The molecule has 2 aliphatic heterocycles. The summed E-state index contributed by atoms with van der Waals surface area (Å²) in [6.07, 6.45) is 4.09. The first-order valence-electron chi connectivity index (χ1n) is 8.70. The zero-order chi connectivity index (χ0) is 16.2. The van der Waals surface area contributed by atoms with Crippen LogP contribution in [0.1, 0.15) is 32.6 Å². The second-order valence-corrected chi connectivity index (χ2v) is 6.63. The van der Waals surface area contributed by atoms with Crippen LogP contribution in [0.25, 0.3) is 0 Å². The van der Waals surface area contributed by atoms with E-state index in [2.05, 4.69) is 22.0 Å². The molecule has 126 valence electrons. The molecule has 2 heterocycles. The highest BCUT2D eigenvalue weighted by molar-refractivity contribution is 5.90. The molecule has 5 heteroatoms. The van der Waals surface area contributed by atoms with Crippen molar-refractivity contribution in [1.29, 1.82) is 0 Å². The number of piperazine rings is 1. The maximum absolute atomic E-state index is 13.6. The fraction of sp³-hybridized carbons (Fsp3) is 0.611. The van der Waals surface area contributed by atoms with E-state index in [0.29, 0.717) is 18.5 Å². The predicted molar refractivity (Wildman–Crippen MR) is 89.9 cm³/mol. The Morgan fingerprint density at radius 2 is 2.17 bits per heavy atom. The molecule has 2 fully saturated rings. The van der Waals surface area contributed by atoms with Gasteiger partial charge in [-0.1, -0.05) is 19.1 Å². The molecule has 0 aromatic heterocycles. The van der Waals surface area contributed by atoms with Crippen molar-refractivity contribution in [2.45, 2.75) is 44.7 Å². The van der Waals surface area contributed by atoms with E-state index >= 15 is 0 Å². The molecule has 3 rings (SSSR count). The van der Waals surface area contributed by atoms with Crippen LogP contribution >= 0.6 is 0 Å². The average molecular weight is 319 g/mol. The van der Waals surface area contributed by atoms with Crippen molar-refractivity contribution >= 4 is 11.6 Å². The fourth-order valence-electron chi connectivity index (χ4n) is 3.83. The molecule has 23 heavy (non-hydrogen) atoms. The molecule has 0 aliphatic carbocycles. The molecule has 0 saturated carbocycles. The SMILES string of the molecule is CCC1CN2CCCC2CN1CCC(=O)Nc1ccccc1F. The number of hydrogen-bond donors (Lipinski definition) is 1. The number of hydrogen-bond acceptors (Lipinski definition) is 3. The third-order valence-electron chi connectivity index (χ3n) is 5.15. The molecule has 4 nitrogen and oxygen atoms in total. The number of halogens is 1. The van der Waals surface area contributed by atoms with Crippen LogP contribution in [-0.4, -0.2) is 54.0 Å². The van der Waals surface area contributed by atoms with Gasteiger partial charge in [0.1, 0.15) is 5.82 Å². The minimum Gasteiger partial charge on any atom is -0.324 e. The lowest BCUT2D eigenvalue weighted by Gasteiger charge is -2.43. The quantitative estimate of drug-likeness (QED) is 0.906. The molecular weight excluding hydrogens is 293 g/mol. The molecule has 2 unspecified atom stereocenters. The van der Waals surface area contributed by atoms with Crippen molar-refractivity contribution in [2.75, 3.05) is 31.5 Å². The lowest BCUT2D eigenvalue weighted by atomic mass is 10.0. The number of para-hydroxylation sites is 1. The second-order valence-electron chi connectivity index (χ2n) is 6.63. The molecule has 1 N–H and O–H groups in total. The van der Waals surface area contributed by atoms with Gasteiger partial charge in [-0.2, -0.15) is 0 Å². The molecule has 2 atom stereocenters. The number of amides is 1. The third-order valence-corrected chi connectivity index (χ3v) is 5.15. The topological polar surface area (TPSA) is 35.6 Å². The normalized spacial score (nSPS) is 25.3. The number of carbonyl (C=O) groups is 1. The zero-order valence-electron chi connectivity index (χ0n) is 13.8. The van der Waals surface area contributed by atoms with E-state index in [4.69, 9.17) is 0 Å². The van der Waals surface area contributed by atoms with Crippen molar-refractivity contribution in [3.63, 3.8) is 0 Å². The van der Waals surface area contributed by atoms with E-state index in [9.17, 15) is 9.18 Å². The second kappa shape index (κ2) is 7.41. The summed E-state index contributed by atoms with van der Waals surface area (Å²) in [6, 6.07) is 7.50. The fourth-order valence-corrected chi connectivity index (χ4v) is 3.83. The number of fused-ring (bicyclic) bond motifs is 1. The largest absolute Gasteiger partial charge is 0.324 e. The first-order chi connectivity index (χ1) is 11.2. The molecule has 2 saturated heterocycles. The highest BCUT2D eigenvalue weighted by Gasteiger charge is 2.35. The van der Waals surface area contributed by atoms with Crippen LogP contribution in [0.5, 0.6) is 0 Å². The summed E-state index contributed by atoms with van der Waals surface area (Å²) >= 11 is 0. The number of nitrogens with one attached hydrogen (secondary N) is 1. The van der Waals surface area contributed by atoms with Crippen molar-refractivity contribution in [1.82, 2.24) is 9.80 Å². The van der Waals surface area contributed by atoms with E-state index in [1.165, 1.54) is 25.5 Å². The smallest absolute Gasteiger partial charge is 0.225 e. The van der Waals surface area contributed by atoms with Crippen molar-refractivity contribution < 1.29 is 9.18 Å². The Kier molecular flexibility index (Phi) is 5.28. The maximum Gasteiger partial charge on any atom is 0.225 e. The summed E-state index contributed by atoms with van der Waals surface area (Å²) in [5.41, 5.74) is 0.269. The summed E-state index contributed by atoms with van der Waals surface area (Å²) in [7, 11) is 0. The van der Waals surface area contributed by atoms with Crippen LogP contribution in [0.15, 0.2) is 24.3 Å². The van der Waals surface area contributed by atoms with Crippen molar-refractivity contribution in [2.24, 2.45) is 0 Å². The molecule has 1 aromatic carbocycles. The number of anilines is 1. The van der Waals surface area contributed by atoms with Gasteiger partial charge in [-0.15, -0.1) is 0 Å². The molecule has 0 radical (unpaired) electrons. The summed E-state index contributed by atoms with van der Waals surface area (Å²) in [6.45, 7) is 6.38. The highest BCUT2D eigenvalue weighted by atomic mass is 19.1. The molecule has 1 aromatic rings. The van der Waals surface area contributed by atoms with Gasteiger partial charge in [0.2, 0.25) is 5.91 Å². The summed E-state index contributed by atoms with van der Waals surface area (Å²) in [4.78, 5) is 17.2. The Labute approximate surface area is 137 Å². The summed E-state index contributed by atoms with van der Waals surface area (Å²) in [5, 5.41) is 2.68. The Morgan fingerprint density at radius 1 is 1.35 bits per heavy atom. The van der Waals surface area contributed by atoms with Gasteiger partial charge in [0.05, 0.1) is 5.69 Å². The van der Waals surface area contributed by atoms with Gasteiger partial charge in [-0.3, -0.25) is 14.6 Å². The Balaban J connectivity index is 1.52. The Bertz CT molecular complexity index is 551. The molecular formula is C18H26FN3O. The molecule has 0 bridgehead atoms. The van der Waals surface area contributed by atoms with E-state index in [1.807, 2.05) is 0 Å². The summed E-state index contributed by atoms with van der Waals surface area (Å²) < 4.78 is 13.6. The Morgan fingerprint density at radius 3 is 2.96 bits per heavy atom. The lowest BCUT2D eigenvalue weighted by Crippen LogP contribution is -2.56. The number of carbonyl (C=O) groups excluding carboxylic acids is 1. The number of benzene rings is 1.